The van der Waals surface area contributed by atoms with Gasteiger partial charge in [0.05, 0.1) is 11.6 Å². The summed E-state index contributed by atoms with van der Waals surface area (Å²) in [6.07, 6.45) is -4.97. The van der Waals surface area contributed by atoms with Crippen LogP contribution >= 0.6 is 23.2 Å². The number of ether oxygens (including phenoxy) is 1. The number of carbonyl (C=O) groups is 1. The number of aromatic nitrogens is 1. The van der Waals surface area contributed by atoms with Gasteiger partial charge in [-0.1, -0.05) is 23.2 Å². The van der Waals surface area contributed by atoms with Crippen molar-refractivity contribution in [2.75, 3.05) is 6.61 Å². The van der Waals surface area contributed by atoms with Crippen LogP contribution in [0.4, 0.5) is 17.6 Å². The Kier molecular flexibility index (Phi) is 4.98. The van der Waals surface area contributed by atoms with Crippen LogP contribution in [-0.4, -0.2) is 17.6 Å². The van der Waals surface area contributed by atoms with E-state index in [9.17, 15) is 22.4 Å². The average Bonchev–Trinajstić information content (AvgIpc) is 2.27. The molecule has 0 aromatic carbocycles. The van der Waals surface area contributed by atoms with Gasteiger partial charge in [0.2, 0.25) is 0 Å². The van der Waals surface area contributed by atoms with Crippen LogP contribution in [-0.2, 0) is 17.6 Å². The molecule has 0 radical (unpaired) electrons. The quantitative estimate of drug-likeness (QED) is 0.479. The van der Waals surface area contributed by atoms with Crippen LogP contribution in [0.2, 0.25) is 10.2 Å². The number of hydrogen-bond acceptors (Lipinski definition) is 3. The number of hydrogen-bond donors (Lipinski definition) is 0. The third kappa shape index (κ3) is 3.27. The van der Waals surface area contributed by atoms with Crippen LogP contribution in [0.3, 0.4) is 0 Å². The lowest BCUT2D eigenvalue weighted by Crippen LogP contribution is -2.19. The van der Waals surface area contributed by atoms with Gasteiger partial charge in [0.15, 0.2) is 5.69 Å². The molecule has 1 aromatic heterocycles. The third-order valence-electron chi connectivity index (χ3n) is 2.06. The number of esters is 1. The monoisotopic (exact) mass is 319 g/mol. The van der Waals surface area contributed by atoms with Gasteiger partial charge in [0.25, 0.3) is 0 Å². The standard InChI is InChI=1S/C10H7Cl2F4NO2/c1-2-19-9(18)5-6(11)4(3-13)8(12)17-7(5)10(14,15)16/h2-3H2,1H3. The minimum absolute atomic E-state index is 0.167. The topological polar surface area (TPSA) is 39.2 Å². The summed E-state index contributed by atoms with van der Waals surface area (Å²) in [5, 5.41) is -1.49. The minimum atomic E-state index is -4.97. The molecule has 0 saturated heterocycles. The van der Waals surface area contributed by atoms with Crippen LogP contribution in [0, 0.1) is 0 Å². The van der Waals surface area contributed by atoms with Crippen molar-refractivity contribution in [1.29, 1.82) is 0 Å². The molecule has 0 aliphatic rings. The van der Waals surface area contributed by atoms with Crippen molar-refractivity contribution in [2.45, 2.75) is 19.8 Å². The largest absolute Gasteiger partial charge is 0.462 e. The van der Waals surface area contributed by atoms with Crippen molar-refractivity contribution >= 4 is 29.2 Å². The Hall–Kier alpha value is -1.08. The van der Waals surface area contributed by atoms with Crippen LogP contribution in [0.25, 0.3) is 0 Å². The lowest BCUT2D eigenvalue weighted by molar-refractivity contribution is -0.141. The maximum absolute atomic E-state index is 12.8. The predicted octanol–water partition coefficient (Wildman–Crippen LogP) is 4.05. The Labute approximate surface area is 115 Å². The van der Waals surface area contributed by atoms with E-state index in [2.05, 4.69) is 9.72 Å². The van der Waals surface area contributed by atoms with Gasteiger partial charge >= 0.3 is 12.1 Å². The van der Waals surface area contributed by atoms with E-state index in [1.807, 2.05) is 0 Å². The summed E-state index contributed by atoms with van der Waals surface area (Å²) < 4.78 is 55.4. The molecule has 1 heterocycles. The average molecular weight is 320 g/mol. The fourth-order valence-corrected chi connectivity index (χ4v) is 1.86. The number of halogens is 6. The Morgan fingerprint density at radius 1 is 1.37 bits per heavy atom. The van der Waals surface area contributed by atoms with Crippen molar-refractivity contribution in [1.82, 2.24) is 4.98 Å². The van der Waals surface area contributed by atoms with E-state index in [0.717, 1.165) is 0 Å². The Balaban J connectivity index is 3.59. The molecule has 0 saturated carbocycles. The van der Waals surface area contributed by atoms with E-state index >= 15 is 0 Å². The lowest BCUT2D eigenvalue weighted by atomic mass is 10.1. The fourth-order valence-electron chi connectivity index (χ4n) is 1.28. The second-order valence-corrected chi connectivity index (χ2v) is 4.01. The van der Waals surface area contributed by atoms with Crippen LogP contribution in [0.15, 0.2) is 0 Å². The van der Waals surface area contributed by atoms with Crippen molar-refractivity contribution in [2.24, 2.45) is 0 Å². The molecule has 0 bridgehead atoms. The predicted molar refractivity (Wildman–Crippen MR) is 60.0 cm³/mol. The highest BCUT2D eigenvalue weighted by atomic mass is 35.5. The van der Waals surface area contributed by atoms with Crippen molar-refractivity contribution in [3.8, 4) is 0 Å². The number of rotatable bonds is 3. The first-order valence-electron chi connectivity index (χ1n) is 4.92. The van der Waals surface area contributed by atoms with E-state index in [-0.39, 0.29) is 6.61 Å². The molecule has 9 heteroatoms. The highest BCUT2D eigenvalue weighted by molar-refractivity contribution is 6.37. The normalized spacial score (nSPS) is 11.5. The zero-order chi connectivity index (χ0) is 14.8. The van der Waals surface area contributed by atoms with Gasteiger partial charge in [-0.15, -0.1) is 0 Å². The Morgan fingerprint density at radius 3 is 2.37 bits per heavy atom. The van der Waals surface area contributed by atoms with E-state index in [0.29, 0.717) is 0 Å². The van der Waals surface area contributed by atoms with Crippen molar-refractivity contribution in [3.63, 3.8) is 0 Å². The summed E-state index contributed by atoms with van der Waals surface area (Å²) in [5.41, 5.74) is -3.12. The molecule has 0 spiro atoms. The zero-order valence-corrected chi connectivity index (χ0v) is 11.0. The first-order chi connectivity index (χ1) is 8.73. The van der Waals surface area contributed by atoms with Crippen molar-refractivity contribution in [3.05, 3.63) is 27.0 Å². The molecular formula is C10H7Cl2F4NO2. The molecule has 3 nitrogen and oxygen atoms in total. The number of alkyl halides is 4. The molecule has 0 aliphatic heterocycles. The molecule has 0 atom stereocenters. The summed E-state index contributed by atoms with van der Waals surface area (Å²) >= 11 is 11.0. The van der Waals surface area contributed by atoms with Gasteiger partial charge in [-0.05, 0) is 6.92 Å². The molecule has 106 valence electrons. The smallest absolute Gasteiger partial charge is 0.434 e. The Morgan fingerprint density at radius 2 is 1.95 bits per heavy atom. The van der Waals surface area contributed by atoms with Gasteiger partial charge in [-0.25, -0.2) is 14.2 Å². The molecule has 0 fully saturated rings. The second kappa shape index (κ2) is 5.92. The zero-order valence-electron chi connectivity index (χ0n) is 9.45. The van der Waals surface area contributed by atoms with Crippen LogP contribution in [0.1, 0.15) is 28.5 Å². The number of carbonyl (C=O) groups excluding carboxylic acids is 1. The maximum atomic E-state index is 12.8. The molecule has 0 unspecified atom stereocenters. The molecule has 19 heavy (non-hydrogen) atoms. The van der Waals surface area contributed by atoms with E-state index in [4.69, 9.17) is 23.2 Å². The summed E-state index contributed by atoms with van der Waals surface area (Å²) in [6.45, 7) is -0.0201. The summed E-state index contributed by atoms with van der Waals surface area (Å²) in [4.78, 5) is 14.5. The van der Waals surface area contributed by atoms with Gasteiger partial charge in [0.1, 0.15) is 17.4 Å². The SMILES string of the molecule is CCOC(=O)c1c(C(F)(F)F)nc(Cl)c(CF)c1Cl. The molecular weight excluding hydrogens is 313 g/mol. The van der Waals surface area contributed by atoms with Gasteiger partial charge in [-0.2, -0.15) is 13.2 Å². The summed E-state index contributed by atoms with van der Waals surface area (Å²) in [7, 11) is 0. The van der Waals surface area contributed by atoms with Crippen LogP contribution < -0.4 is 0 Å². The molecule has 1 rings (SSSR count). The van der Waals surface area contributed by atoms with Crippen molar-refractivity contribution < 1.29 is 27.1 Å². The van der Waals surface area contributed by atoms with E-state index in [1.165, 1.54) is 6.92 Å². The fraction of sp³-hybridized carbons (Fsp3) is 0.400. The van der Waals surface area contributed by atoms with E-state index in [1.54, 1.807) is 0 Å². The van der Waals surface area contributed by atoms with Gasteiger partial charge in [-0.3, -0.25) is 0 Å². The maximum Gasteiger partial charge on any atom is 0.434 e. The first-order valence-corrected chi connectivity index (χ1v) is 5.67. The minimum Gasteiger partial charge on any atom is -0.462 e. The lowest BCUT2D eigenvalue weighted by Gasteiger charge is -2.15. The molecule has 0 N–H and O–H groups in total. The highest BCUT2D eigenvalue weighted by Crippen LogP contribution is 2.38. The summed E-state index contributed by atoms with van der Waals surface area (Å²) in [6, 6.07) is 0. The van der Waals surface area contributed by atoms with Gasteiger partial charge in [0, 0.05) is 5.56 Å². The highest BCUT2D eigenvalue weighted by Gasteiger charge is 2.40. The molecule has 1 aromatic rings. The first kappa shape index (κ1) is 16.0. The van der Waals surface area contributed by atoms with Crippen LogP contribution in [0.5, 0.6) is 0 Å². The molecule has 0 aliphatic carbocycles. The van der Waals surface area contributed by atoms with Gasteiger partial charge < -0.3 is 4.74 Å². The Bertz CT molecular complexity index is 505. The molecule has 0 amide bonds. The summed E-state index contributed by atoms with van der Waals surface area (Å²) in [5.74, 6) is -1.33. The number of pyridine rings is 1. The second-order valence-electron chi connectivity index (χ2n) is 3.27. The number of nitrogens with zero attached hydrogens (tertiary/aromatic N) is 1. The van der Waals surface area contributed by atoms with E-state index < -0.39 is 45.8 Å². The third-order valence-corrected chi connectivity index (χ3v) is 2.79.